The fourth-order valence-electron chi connectivity index (χ4n) is 3.69. The predicted octanol–water partition coefficient (Wildman–Crippen LogP) is 3.52. The lowest BCUT2D eigenvalue weighted by Gasteiger charge is -2.28. The summed E-state index contributed by atoms with van der Waals surface area (Å²) in [4.78, 5) is 37.0. The van der Waals surface area contributed by atoms with E-state index >= 15 is 0 Å². The van der Waals surface area contributed by atoms with E-state index in [9.17, 15) is 14.4 Å². The Kier molecular flexibility index (Phi) is 7.78. The van der Waals surface area contributed by atoms with Crippen molar-refractivity contribution < 1.29 is 28.6 Å². The largest absolute Gasteiger partial charge is 0.493 e. The van der Waals surface area contributed by atoms with Crippen molar-refractivity contribution in [3.05, 3.63) is 64.4 Å². The third-order valence-corrected chi connectivity index (χ3v) is 5.30. The van der Waals surface area contributed by atoms with Crippen LogP contribution in [0.15, 0.2) is 47.7 Å². The standard InChI is InChI=1S/C25H29N3O6/c1-6-33-24(30)22-16(4)26-25(31)28-23(22)17-8-10-19(20(12-17)32-5)34-13-21(29)27-18-9-7-14(2)11-15(18)3/h7-12,23H,6,13H2,1-5H3,(H,27,29)(H2,26,28,31). The molecule has 180 valence electrons. The Morgan fingerprint density at radius 2 is 1.82 bits per heavy atom. The fourth-order valence-corrected chi connectivity index (χ4v) is 3.69. The molecule has 3 rings (SSSR count). The minimum atomic E-state index is -0.733. The fraction of sp³-hybridized carbons (Fsp3) is 0.320. The Hall–Kier alpha value is -4.01. The average Bonchev–Trinajstić information content (AvgIpc) is 2.79. The predicted molar refractivity (Wildman–Crippen MR) is 127 cm³/mol. The maximum atomic E-state index is 12.5. The molecule has 0 fully saturated rings. The van der Waals surface area contributed by atoms with Crippen molar-refractivity contribution in [3.8, 4) is 11.5 Å². The lowest BCUT2D eigenvalue weighted by Crippen LogP contribution is -2.45. The molecular weight excluding hydrogens is 438 g/mol. The van der Waals surface area contributed by atoms with Crippen LogP contribution in [0.5, 0.6) is 11.5 Å². The van der Waals surface area contributed by atoms with Crippen LogP contribution in [0, 0.1) is 13.8 Å². The Morgan fingerprint density at radius 1 is 1.06 bits per heavy atom. The number of esters is 1. The van der Waals surface area contributed by atoms with Gasteiger partial charge in [-0.3, -0.25) is 4.79 Å². The van der Waals surface area contributed by atoms with Crippen molar-refractivity contribution in [2.45, 2.75) is 33.7 Å². The summed E-state index contributed by atoms with van der Waals surface area (Å²) in [5.74, 6) is -0.141. The van der Waals surface area contributed by atoms with Gasteiger partial charge in [0.1, 0.15) is 0 Å². The second-order valence-electron chi connectivity index (χ2n) is 7.86. The molecule has 3 amide bonds. The van der Waals surface area contributed by atoms with Crippen LogP contribution >= 0.6 is 0 Å². The molecular formula is C25H29N3O6. The molecule has 2 aromatic carbocycles. The van der Waals surface area contributed by atoms with Gasteiger partial charge in [-0.1, -0.05) is 23.8 Å². The summed E-state index contributed by atoms with van der Waals surface area (Å²) < 4.78 is 16.3. The maximum Gasteiger partial charge on any atom is 0.338 e. The SMILES string of the molecule is CCOC(=O)C1=C(C)NC(=O)NC1c1ccc(OCC(=O)Nc2ccc(C)cc2C)c(OC)c1. The molecule has 2 aromatic rings. The lowest BCUT2D eigenvalue weighted by molar-refractivity contribution is -0.139. The number of rotatable bonds is 8. The first-order valence-corrected chi connectivity index (χ1v) is 10.9. The van der Waals surface area contributed by atoms with Gasteiger partial charge in [0.2, 0.25) is 0 Å². The Labute approximate surface area is 198 Å². The second kappa shape index (κ2) is 10.7. The van der Waals surface area contributed by atoms with Gasteiger partial charge in [0, 0.05) is 11.4 Å². The smallest absolute Gasteiger partial charge is 0.338 e. The summed E-state index contributed by atoms with van der Waals surface area (Å²) >= 11 is 0. The molecule has 9 nitrogen and oxygen atoms in total. The summed E-state index contributed by atoms with van der Waals surface area (Å²) in [5.41, 5.74) is 4.09. The zero-order chi connectivity index (χ0) is 24.8. The highest BCUT2D eigenvalue weighted by atomic mass is 16.5. The quantitative estimate of drug-likeness (QED) is 0.512. The van der Waals surface area contributed by atoms with E-state index in [0.717, 1.165) is 16.8 Å². The van der Waals surface area contributed by atoms with Gasteiger partial charge in [-0.2, -0.15) is 0 Å². The highest BCUT2D eigenvalue weighted by Gasteiger charge is 2.32. The Balaban J connectivity index is 1.77. The number of ether oxygens (including phenoxy) is 3. The van der Waals surface area contributed by atoms with Crippen molar-refractivity contribution in [1.82, 2.24) is 10.6 Å². The zero-order valence-corrected chi connectivity index (χ0v) is 19.9. The van der Waals surface area contributed by atoms with Gasteiger partial charge in [-0.25, -0.2) is 9.59 Å². The molecule has 34 heavy (non-hydrogen) atoms. The summed E-state index contributed by atoms with van der Waals surface area (Å²) in [5, 5.41) is 8.17. The molecule has 9 heteroatoms. The lowest BCUT2D eigenvalue weighted by atomic mass is 9.95. The van der Waals surface area contributed by atoms with E-state index in [0.29, 0.717) is 28.3 Å². The normalized spacial score (nSPS) is 15.2. The number of benzene rings is 2. The highest BCUT2D eigenvalue weighted by Crippen LogP contribution is 2.34. The van der Waals surface area contributed by atoms with E-state index in [2.05, 4.69) is 16.0 Å². The summed E-state index contributed by atoms with van der Waals surface area (Å²) in [6.07, 6.45) is 0. The van der Waals surface area contributed by atoms with Gasteiger partial charge < -0.3 is 30.2 Å². The molecule has 1 heterocycles. The monoisotopic (exact) mass is 467 g/mol. The van der Waals surface area contributed by atoms with E-state index in [4.69, 9.17) is 14.2 Å². The summed E-state index contributed by atoms with van der Waals surface area (Å²) in [7, 11) is 1.47. The third kappa shape index (κ3) is 5.67. The highest BCUT2D eigenvalue weighted by molar-refractivity contribution is 5.95. The number of hydrogen-bond acceptors (Lipinski definition) is 6. The van der Waals surface area contributed by atoms with Crippen LogP contribution < -0.4 is 25.4 Å². The molecule has 1 aliphatic heterocycles. The molecule has 3 N–H and O–H groups in total. The first-order chi connectivity index (χ1) is 16.2. The van der Waals surface area contributed by atoms with Gasteiger partial charge in [0.15, 0.2) is 18.1 Å². The number of hydrogen-bond donors (Lipinski definition) is 3. The minimum absolute atomic E-state index is 0.205. The molecule has 0 aliphatic carbocycles. The number of anilines is 1. The molecule has 1 unspecified atom stereocenters. The van der Waals surface area contributed by atoms with Crippen molar-refractivity contribution in [1.29, 1.82) is 0 Å². The van der Waals surface area contributed by atoms with Crippen LogP contribution in [0.4, 0.5) is 10.5 Å². The molecule has 0 saturated heterocycles. The molecule has 1 atom stereocenters. The van der Waals surface area contributed by atoms with E-state index in [1.165, 1.54) is 7.11 Å². The van der Waals surface area contributed by atoms with Crippen molar-refractivity contribution in [2.24, 2.45) is 0 Å². The number of aryl methyl sites for hydroxylation is 2. The summed E-state index contributed by atoms with van der Waals surface area (Å²) in [6.45, 7) is 7.24. The third-order valence-electron chi connectivity index (χ3n) is 5.30. The molecule has 0 bridgehead atoms. The number of amides is 3. The van der Waals surface area contributed by atoms with Gasteiger partial charge in [0.25, 0.3) is 5.91 Å². The molecule has 1 aliphatic rings. The van der Waals surface area contributed by atoms with Crippen LogP contribution in [0.1, 0.15) is 36.6 Å². The zero-order valence-electron chi connectivity index (χ0n) is 19.9. The number of allylic oxidation sites excluding steroid dienone is 1. The molecule has 0 aromatic heterocycles. The minimum Gasteiger partial charge on any atom is -0.493 e. The second-order valence-corrected chi connectivity index (χ2v) is 7.86. The number of urea groups is 1. The van der Waals surface area contributed by atoms with Gasteiger partial charge >= 0.3 is 12.0 Å². The van der Waals surface area contributed by atoms with Gasteiger partial charge in [0.05, 0.1) is 25.3 Å². The van der Waals surface area contributed by atoms with E-state index in [-0.39, 0.29) is 19.1 Å². The van der Waals surface area contributed by atoms with Crippen LogP contribution in [-0.4, -0.2) is 38.2 Å². The van der Waals surface area contributed by atoms with Crippen molar-refractivity contribution in [2.75, 3.05) is 25.6 Å². The van der Waals surface area contributed by atoms with E-state index in [1.807, 2.05) is 32.0 Å². The number of carbonyl (C=O) groups excluding carboxylic acids is 3. The van der Waals surface area contributed by atoms with Gasteiger partial charge in [-0.15, -0.1) is 0 Å². The van der Waals surface area contributed by atoms with Crippen molar-refractivity contribution in [3.63, 3.8) is 0 Å². The number of carbonyl (C=O) groups is 3. The van der Waals surface area contributed by atoms with Crippen LogP contribution in [-0.2, 0) is 14.3 Å². The molecule has 0 radical (unpaired) electrons. The number of methoxy groups -OCH3 is 1. The maximum absolute atomic E-state index is 12.5. The Morgan fingerprint density at radius 3 is 2.50 bits per heavy atom. The van der Waals surface area contributed by atoms with E-state index < -0.39 is 18.0 Å². The summed E-state index contributed by atoms with van der Waals surface area (Å²) in [6, 6.07) is 9.57. The first kappa shape index (κ1) is 24.6. The topological polar surface area (TPSA) is 115 Å². The molecule has 0 saturated carbocycles. The van der Waals surface area contributed by atoms with Crippen LogP contribution in [0.25, 0.3) is 0 Å². The Bertz CT molecular complexity index is 1140. The van der Waals surface area contributed by atoms with Crippen LogP contribution in [0.2, 0.25) is 0 Å². The van der Waals surface area contributed by atoms with E-state index in [1.54, 1.807) is 32.0 Å². The van der Waals surface area contributed by atoms with Gasteiger partial charge in [-0.05, 0) is 57.0 Å². The van der Waals surface area contributed by atoms with Crippen molar-refractivity contribution >= 4 is 23.6 Å². The first-order valence-electron chi connectivity index (χ1n) is 10.9. The number of nitrogens with one attached hydrogen (secondary N) is 3. The molecule has 0 spiro atoms. The van der Waals surface area contributed by atoms with Crippen LogP contribution in [0.3, 0.4) is 0 Å². The average molecular weight is 468 g/mol.